The van der Waals surface area contributed by atoms with Crippen LogP contribution >= 0.6 is 0 Å². The highest BCUT2D eigenvalue weighted by molar-refractivity contribution is 5.86. The number of non-ortho nitro benzene ring substituents is 1. The maximum atomic E-state index is 10.8. The molecule has 118 valence electrons. The highest BCUT2D eigenvalue weighted by atomic mass is 16.6. The standard InChI is InChI=1S/C18H19N3O2/c22-21(23)18-8-4-7-17(13-18)20-19-16-11-9-15(10-12-16)14-5-2-1-3-6-14/h1-8,13,15,20H,9-12H2. The van der Waals surface area contributed by atoms with Crippen molar-refractivity contribution < 1.29 is 4.92 Å². The van der Waals surface area contributed by atoms with E-state index in [1.54, 1.807) is 12.1 Å². The molecule has 1 aliphatic rings. The van der Waals surface area contributed by atoms with Crippen LogP contribution in [0.3, 0.4) is 0 Å². The van der Waals surface area contributed by atoms with Crippen LogP contribution in [0.4, 0.5) is 11.4 Å². The molecule has 3 rings (SSSR count). The fraction of sp³-hybridized carbons (Fsp3) is 0.278. The fourth-order valence-corrected chi connectivity index (χ4v) is 2.95. The molecule has 0 bridgehead atoms. The third-order valence-electron chi connectivity index (χ3n) is 4.23. The van der Waals surface area contributed by atoms with Gasteiger partial charge in [-0.3, -0.25) is 15.5 Å². The van der Waals surface area contributed by atoms with Gasteiger partial charge in [0, 0.05) is 17.8 Å². The van der Waals surface area contributed by atoms with Crippen LogP contribution in [-0.2, 0) is 0 Å². The molecule has 1 N–H and O–H groups in total. The van der Waals surface area contributed by atoms with Gasteiger partial charge in [-0.05, 0) is 43.2 Å². The molecule has 0 radical (unpaired) electrons. The van der Waals surface area contributed by atoms with Crippen molar-refractivity contribution in [3.05, 3.63) is 70.3 Å². The SMILES string of the molecule is O=[N+]([O-])c1cccc(NN=C2CCC(c3ccccc3)CC2)c1. The Kier molecular flexibility index (Phi) is 4.66. The first kappa shape index (κ1) is 15.2. The van der Waals surface area contributed by atoms with E-state index in [2.05, 4.69) is 34.8 Å². The third-order valence-corrected chi connectivity index (χ3v) is 4.23. The molecule has 0 aliphatic heterocycles. The first-order valence-corrected chi connectivity index (χ1v) is 7.83. The van der Waals surface area contributed by atoms with Crippen LogP contribution < -0.4 is 5.43 Å². The largest absolute Gasteiger partial charge is 0.278 e. The van der Waals surface area contributed by atoms with Crippen molar-refractivity contribution in [3.63, 3.8) is 0 Å². The number of benzene rings is 2. The van der Waals surface area contributed by atoms with Gasteiger partial charge in [-0.25, -0.2) is 0 Å². The fourth-order valence-electron chi connectivity index (χ4n) is 2.95. The normalized spacial score (nSPS) is 17.6. The third kappa shape index (κ3) is 3.94. The molecule has 0 heterocycles. The Bertz CT molecular complexity index is 703. The summed E-state index contributed by atoms with van der Waals surface area (Å²) in [6.45, 7) is 0. The molecular weight excluding hydrogens is 290 g/mol. The summed E-state index contributed by atoms with van der Waals surface area (Å²) >= 11 is 0. The van der Waals surface area contributed by atoms with E-state index in [9.17, 15) is 10.1 Å². The van der Waals surface area contributed by atoms with Gasteiger partial charge in [-0.1, -0.05) is 36.4 Å². The predicted octanol–water partition coefficient (Wildman–Crippen LogP) is 4.72. The van der Waals surface area contributed by atoms with E-state index in [-0.39, 0.29) is 5.69 Å². The zero-order valence-corrected chi connectivity index (χ0v) is 12.8. The maximum absolute atomic E-state index is 10.8. The second-order valence-electron chi connectivity index (χ2n) is 5.78. The lowest BCUT2D eigenvalue weighted by Gasteiger charge is -2.23. The Morgan fingerprint density at radius 1 is 1.04 bits per heavy atom. The predicted molar refractivity (Wildman–Crippen MR) is 91.8 cm³/mol. The van der Waals surface area contributed by atoms with Crippen molar-refractivity contribution in [3.8, 4) is 0 Å². The number of nitrogens with one attached hydrogen (secondary N) is 1. The molecule has 23 heavy (non-hydrogen) atoms. The van der Waals surface area contributed by atoms with Gasteiger partial charge in [-0.2, -0.15) is 5.10 Å². The quantitative estimate of drug-likeness (QED) is 0.656. The van der Waals surface area contributed by atoms with Crippen molar-refractivity contribution in [2.75, 3.05) is 5.43 Å². The average molecular weight is 309 g/mol. The lowest BCUT2D eigenvalue weighted by atomic mass is 9.83. The van der Waals surface area contributed by atoms with E-state index in [0.29, 0.717) is 11.6 Å². The van der Waals surface area contributed by atoms with Gasteiger partial charge < -0.3 is 0 Å². The number of nitrogens with zero attached hydrogens (tertiary/aromatic N) is 2. The van der Waals surface area contributed by atoms with Crippen LogP contribution in [0.15, 0.2) is 59.7 Å². The zero-order chi connectivity index (χ0) is 16.1. The van der Waals surface area contributed by atoms with Crippen molar-refractivity contribution in [2.45, 2.75) is 31.6 Å². The van der Waals surface area contributed by atoms with Crippen molar-refractivity contribution in [2.24, 2.45) is 5.10 Å². The summed E-state index contributed by atoms with van der Waals surface area (Å²) in [6.07, 6.45) is 4.11. The van der Waals surface area contributed by atoms with Crippen LogP contribution in [0.5, 0.6) is 0 Å². The number of nitro benzene ring substituents is 1. The number of hydrogen-bond donors (Lipinski definition) is 1. The molecule has 1 fully saturated rings. The van der Waals surface area contributed by atoms with Crippen LogP contribution in [0.2, 0.25) is 0 Å². The van der Waals surface area contributed by atoms with E-state index in [4.69, 9.17) is 0 Å². The van der Waals surface area contributed by atoms with E-state index in [1.165, 1.54) is 17.7 Å². The lowest BCUT2D eigenvalue weighted by molar-refractivity contribution is -0.384. The summed E-state index contributed by atoms with van der Waals surface area (Å²) in [4.78, 5) is 10.4. The maximum Gasteiger partial charge on any atom is 0.271 e. The molecule has 2 aromatic rings. The number of rotatable bonds is 4. The molecule has 2 aromatic carbocycles. The topological polar surface area (TPSA) is 67.5 Å². The number of anilines is 1. The van der Waals surface area contributed by atoms with E-state index >= 15 is 0 Å². The van der Waals surface area contributed by atoms with Gasteiger partial charge in [0.1, 0.15) is 0 Å². The van der Waals surface area contributed by atoms with E-state index in [0.717, 1.165) is 31.4 Å². The molecule has 5 heteroatoms. The highest BCUT2D eigenvalue weighted by Gasteiger charge is 2.19. The summed E-state index contributed by atoms with van der Waals surface area (Å²) in [5.41, 5.74) is 6.20. The minimum atomic E-state index is -0.399. The summed E-state index contributed by atoms with van der Waals surface area (Å²) in [5, 5.41) is 15.2. The molecule has 0 spiro atoms. The van der Waals surface area contributed by atoms with Crippen molar-refractivity contribution in [1.29, 1.82) is 0 Å². The molecule has 0 saturated heterocycles. The van der Waals surface area contributed by atoms with Crippen LogP contribution in [0.25, 0.3) is 0 Å². The molecule has 5 nitrogen and oxygen atoms in total. The van der Waals surface area contributed by atoms with Gasteiger partial charge in [0.15, 0.2) is 0 Å². The van der Waals surface area contributed by atoms with Crippen LogP contribution in [0.1, 0.15) is 37.2 Å². The Morgan fingerprint density at radius 3 is 2.48 bits per heavy atom. The molecule has 0 amide bonds. The van der Waals surface area contributed by atoms with Gasteiger partial charge in [-0.15, -0.1) is 0 Å². The minimum absolute atomic E-state index is 0.0722. The van der Waals surface area contributed by atoms with Gasteiger partial charge in [0.25, 0.3) is 5.69 Å². The Labute approximate surface area is 135 Å². The Balaban J connectivity index is 1.58. The second kappa shape index (κ2) is 7.05. The van der Waals surface area contributed by atoms with Crippen molar-refractivity contribution >= 4 is 17.1 Å². The van der Waals surface area contributed by atoms with Crippen molar-refractivity contribution in [1.82, 2.24) is 0 Å². The number of hydrazone groups is 1. The average Bonchev–Trinajstić information content (AvgIpc) is 2.61. The molecule has 1 saturated carbocycles. The van der Waals surface area contributed by atoms with Crippen LogP contribution in [0, 0.1) is 10.1 Å². The highest BCUT2D eigenvalue weighted by Crippen LogP contribution is 2.31. The smallest absolute Gasteiger partial charge is 0.271 e. The minimum Gasteiger partial charge on any atom is -0.278 e. The molecule has 1 aliphatic carbocycles. The summed E-state index contributed by atoms with van der Waals surface area (Å²) in [6, 6.07) is 17.0. The first-order valence-electron chi connectivity index (χ1n) is 7.83. The van der Waals surface area contributed by atoms with E-state index in [1.807, 2.05) is 6.07 Å². The summed E-state index contributed by atoms with van der Waals surface area (Å²) in [7, 11) is 0. The van der Waals surface area contributed by atoms with Gasteiger partial charge in [0.2, 0.25) is 0 Å². The molecule has 0 unspecified atom stereocenters. The number of nitro groups is 1. The summed E-state index contributed by atoms with van der Waals surface area (Å²) in [5.74, 6) is 0.605. The molecular formula is C18H19N3O2. The van der Waals surface area contributed by atoms with E-state index < -0.39 is 4.92 Å². The number of hydrogen-bond acceptors (Lipinski definition) is 4. The second-order valence-corrected chi connectivity index (χ2v) is 5.78. The van der Waals surface area contributed by atoms with Gasteiger partial charge >= 0.3 is 0 Å². The Hall–Kier alpha value is -2.69. The zero-order valence-electron chi connectivity index (χ0n) is 12.8. The molecule has 0 aromatic heterocycles. The van der Waals surface area contributed by atoms with Crippen LogP contribution in [-0.4, -0.2) is 10.6 Å². The molecule has 0 atom stereocenters. The first-order chi connectivity index (χ1) is 11.2. The lowest BCUT2D eigenvalue weighted by Crippen LogP contribution is -2.14. The Morgan fingerprint density at radius 2 is 1.78 bits per heavy atom. The van der Waals surface area contributed by atoms with Gasteiger partial charge in [0.05, 0.1) is 10.6 Å². The monoisotopic (exact) mass is 309 g/mol. The summed E-state index contributed by atoms with van der Waals surface area (Å²) < 4.78 is 0.